The standard InChI is InChI=1S/C33H24N4/c1-23-16-21-31-30(22-23)28-14-8-9-15-29(28)33-35-34-32(37(31)33)24-17-19-27(20-18-24)36(25-10-4-2-5-11-25)26-12-6-3-7-13-26/h2-22H,1H3. The number of para-hydroxylation sites is 2. The summed E-state index contributed by atoms with van der Waals surface area (Å²) < 4.78 is 2.19. The van der Waals surface area contributed by atoms with Crippen molar-refractivity contribution in [2.24, 2.45) is 0 Å². The van der Waals surface area contributed by atoms with Gasteiger partial charge < -0.3 is 4.90 Å². The normalized spacial score (nSPS) is 11.4. The van der Waals surface area contributed by atoms with E-state index in [4.69, 9.17) is 0 Å². The summed E-state index contributed by atoms with van der Waals surface area (Å²) >= 11 is 0. The van der Waals surface area contributed by atoms with E-state index in [-0.39, 0.29) is 0 Å². The Bertz CT molecular complexity index is 1830. The second kappa shape index (κ2) is 8.61. The zero-order valence-electron chi connectivity index (χ0n) is 20.4. The van der Waals surface area contributed by atoms with Crippen LogP contribution in [-0.4, -0.2) is 14.6 Å². The number of aromatic nitrogens is 3. The molecule has 37 heavy (non-hydrogen) atoms. The van der Waals surface area contributed by atoms with Crippen LogP contribution in [0.15, 0.2) is 127 Å². The lowest BCUT2D eigenvalue weighted by Gasteiger charge is -2.25. The van der Waals surface area contributed by atoms with E-state index in [2.05, 4.69) is 142 Å². The highest BCUT2D eigenvalue weighted by molar-refractivity contribution is 6.12. The lowest BCUT2D eigenvalue weighted by atomic mass is 10.0. The predicted octanol–water partition coefficient (Wildman–Crippen LogP) is 8.48. The number of pyridine rings is 1. The summed E-state index contributed by atoms with van der Waals surface area (Å²) in [5.74, 6) is 0.840. The Labute approximate surface area is 215 Å². The van der Waals surface area contributed by atoms with E-state index in [1.165, 1.54) is 16.3 Å². The van der Waals surface area contributed by atoms with Gasteiger partial charge in [0.05, 0.1) is 5.52 Å². The molecule has 0 aliphatic carbocycles. The van der Waals surface area contributed by atoms with Crippen LogP contribution in [0.2, 0.25) is 0 Å². The first-order chi connectivity index (χ1) is 18.3. The molecule has 0 unspecified atom stereocenters. The summed E-state index contributed by atoms with van der Waals surface area (Å²) in [5, 5.41) is 12.8. The monoisotopic (exact) mass is 476 g/mol. The van der Waals surface area contributed by atoms with Gasteiger partial charge in [0.15, 0.2) is 11.5 Å². The van der Waals surface area contributed by atoms with Gasteiger partial charge in [0, 0.05) is 33.4 Å². The molecular weight excluding hydrogens is 452 g/mol. The lowest BCUT2D eigenvalue weighted by molar-refractivity contribution is 1.12. The van der Waals surface area contributed by atoms with Crippen molar-refractivity contribution < 1.29 is 0 Å². The molecule has 0 saturated heterocycles. The van der Waals surface area contributed by atoms with E-state index < -0.39 is 0 Å². The summed E-state index contributed by atoms with van der Waals surface area (Å²) in [4.78, 5) is 2.26. The van der Waals surface area contributed by atoms with Gasteiger partial charge in [-0.05, 0) is 73.0 Å². The van der Waals surface area contributed by atoms with E-state index in [9.17, 15) is 0 Å². The molecule has 176 valence electrons. The van der Waals surface area contributed by atoms with Gasteiger partial charge in [-0.3, -0.25) is 4.40 Å². The number of hydrogen-bond donors (Lipinski definition) is 0. The molecule has 2 heterocycles. The summed E-state index contributed by atoms with van der Waals surface area (Å²) in [5.41, 5.74) is 7.55. The quantitative estimate of drug-likeness (QED) is 0.239. The fourth-order valence-electron chi connectivity index (χ4n) is 5.21. The van der Waals surface area contributed by atoms with Crippen molar-refractivity contribution in [3.8, 4) is 11.4 Å². The highest BCUT2D eigenvalue weighted by Crippen LogP contribution is 2.36. The minimum atomic E-state index is 0.840. The van der Waals surface area contributed by atoms with Crippen LogP contribution < -0.4 is 4.90 Å². The van der Waals surface area contributed by atoms with Gasteiger partial charge in [-0.1, -0.05) is 72.3 Å². The number of aryl methyl sites for hydroxylation is 1. The molecule has 0 amide bonds. The summed E-state index contributed by atoms with van der Waals surface area (Å²) in [6.45, 7) is 2.13. The van der Waals surface area contributed by atoms with E-state index in [0.717, 1.165) is 45.0 Å². The van der Waals surface area contributed by atoms with Crippen LogP contribution in [0.25, 0.3) is 38.7 Å². The van der Waals surface area contributed by atoms with Gasteiger partial charge >= 0.3 is 0 Å². The molecule has 7 rings (SSSR count). The van der Waals surface area contributed by atoms with Crippen LogP contribution in [0.1, 0.15) is 5.56 Å². The molecule has 4 heteroatoms. The molecule has 2 aromatic heterocycles. The van der Waals surface area contributed by atoms with Crippen molar-refractivity contribution in [1.29, 1.82) is 0 Å². The van der Waals surface area contributed by atoms with Crippen LogP contribution >= 0.6 is 0 Å². The Morgan fingerprint density at radius 2 is 1.14 bits per heavy atom. The first kappa shape index (κ1) is 21.3. The van der Waals surface area contributed by atoms with Gasteiger partial charge in [-0.25, -0.2) is 0 Å². The van der Waals surface area contributed by atoms with Crippen molar-refractivity contribution in [1.82, 2.24) is 14.6 Å². The summed E-state index contributed by atoms with van der Waals surface area (Å²) in [7, 11) is 0. The second-order valence-electron chi connectivity index (χ2n) is 9.30. The molecule has 0 aliphatic heterocycles. The molecule has 0 spiro atoms. The van der Waals surface area contributed by atoms with Crippen LogP contribution in [0.3, 0.4) is 0 Å². The third kappa shape index (κ3) is 3.54. The maximum atomic E-state index is 4.68. The third-order valence-corrected chi connectivity index (χ3v) is 6.93. The molecular formula is C33H24N4. The van der Waals surface area contributed by atoms with Crippen LogP contribution in [0, 0.1) is 6.92 Å². The number of benzene rings is 5. The Morgan fingerprint density at radius 1 is 0.541 bits per heavy atom. The summed E-state index contributed by atoms with van der Waals surface area (Å²) in [6.07, 6.45) is 0. The zero-order chi connectivity index (χ0) is 24.8. The largest absolute Gasteiger partial charge is 0.311 e. The molecule has 0 fully saturated rings. The van der Waals surface area contributed by atoms with E-state index >= 15 is 0 Å². The minimum Gasteiger partial charge on any atom is -0.311 e. The number of anilines is 3. The number of nitrogens with zero attached hydrogens (tertiary/aromatic N) is 4. The van der Waals surface area contributed by atoms with Gasteiger partial charge in [0.1, 0.15) is 0 Å². The average molecular weight is 477 g/mol. The maximum absolute atomic E-state index is 4.68. The highest BCUT2D eigenvalue weighted by atomic mass is 15.2. The molecule has 0 atom stereocenters. The first-order valence-electron chi connectivity index (χ1n) is 12.4. The molecule has 0 N–H and O–H groups in total. The molecule has 0 saturated carbocycles. The van der Waals surface area contributed by atoms with Crippen LogP contribution in [0.5, 0.6) is 0 Å². The Morgan fingerprint density at radius 3 is 1.81 bits per heavy atom. The molecule has 5 aromatic carbocycles. The van der Waals surface area contributed by atoms with Gasteiger partial charge in [0.25, 0.3) is 0 Å². The SMILES string of the molecule is Cc1ccc2c(c1)c1ccccc1c1nnc(-c3ccc(N(c4ccccc4)c4ccccc4)cc3)n21. The highest BCUT2D eigenvalue weighted by Gasteiger charge is 2.17. The Kier molecular flexibility index (Phi) is 4.96. The van der Waals surface area contributed by atoms with Crippen molar-refractivity contribution in [2.45, 2.75) is 6.92 Å². The van der Waals surface area contributed by atoms with Crippen LogP contribution in [0.4, 0.5) is 17.1 Å². The second-order valence-corrected chi connectivity index (χ2v) is 9.30. The number of fused-ring (bicyclic) bond motifs is 6. The predicted molar refractivity (Wildman–Crippen MR) is 153 cm³/mol. The average Bonchev–Trinajstić information content (AvgIpc) is 3.40. The van der Waals surface area contributed by atoms with E-state index in [1.54, 1.807) is 0 Å². The van der Waals surface area contributed by atoms with Crippen LogP contribution in [-0.2, 0) is 0 Å². The number of hydrogen-bond acceptors (Lipinski definition) is 3. The van der Waals surface area contributed by atoms with Gasteiger partial charge in [0.2, 0.25) is 0 Å². The third-order valence-electron chi connectivity index (χ3n) is 6.93. The van der Waals surface area contributed by atoms with E-state index in [1.807, 2.05) is 12.1 Å². The van der Waals surface area contributed by atoms with Crippen molar-refractivity contribution in [3.05, 3.63) is 133 Å². The molecule has 7 aromatic rings. The summed E-state index contributed by atoms with van der Waals surface area (Å²) in [6, 6.07) is 44.5. The molecule has 0 radical (unpaired) electrons. The fourth-order valence-corrected chi connectivity index (χ4v) is 5.21. The van der Waals surface area contributed by atoms with Crippen molar-refractivity contribution in [3.63, 3.8) is 0 Å². The smallest absolute Gasteiger partial charge is 0.169 e. The maximum Gasteiger partial charge on any atom is 0.169 e. The molecule has 0 bridgehead atoms. The minimum absolute atomic E-state index is 0.840. The molecule has 4 nitrogen and oxygen atoms in total. The van der Waals surface area contributed by atoms with Crippen molar-refractivity contribution in [2.75, 3.05) is 4.90 Å². The first-order valence-corrected chi connectivity index (χ1v) is 12.4. The Hall–Kier alpha value is -4.96. The lowest BCUT2D eigenvalue weighted by Crippen LogP contribution is -2.09. The van der Waals surface area contributed by atoms with Gasteiger partial charge in [-0.15, -0.1) is 10.2 Å². The Balaban J connectivity index is 1.40. The van der Waals surface area contributed by atoms with E-state index in [0.29, 0.717) is 0 Å². The fraction of sp³-hybridized carbons (Fsp3) is 0.0303. The van der Waals surface area contributed by atoms with Gasteiger partial charge in [-0.2, -0.15) is 0 Å². The van der Waals surface area contributed by atoms with Crippen molar-refractivity contribution >= 4 is 44.4 Å². The number of rotatable bonds is 4. The topological polar surface area (TPSA) is 33.4 Å². The zero-order valence-corrected chi connectivity index (χ0v) is 20.4. The molecule has 0 aliphatic rings.